The zero-order valence-electron chi connectivity index (χ0n) is 10.8. The smallest absolute Gasteiger partial charge is 0.409 e. The Morgan fingerprint density at radius 1 is 1.56 bits per heavy atom. The van der Waals surface area contributed by atoms with Crippen molar-refractivity contribution >= 4 is 12.1 Å². The largest absolute Gasteiger partial charge is 0.450 e. The van der Waals surface area contributed by atoms with Gasteiger partial charge in [-0.1, -0.05) is 0 Å². The maximum Gasteiger partial charge on any atom is 0.409 e. The molecule has 4 N–H and O–H groups in total. The van der Waals surface area contributed by atoms with Crippen molar-refractivity contribution in [3.8, 4) is 0 Å². The van der Waals surface area contributed by atoms with E-state index in [1.807, 2.05) is 0 Å². The lowest BCUT2D eigenvalue weighted by Crippen LogP contribution is -2.48. The number of hydrogen-bond donors (Lipinski definition) is 3. The first-order valence-electron chi connectivity index (χ1n) is 6.26. The fourth-order valence-electron chi connectivity index (χ4n) is 1.85. The Hall–Kier alpha value is -1.50. The Kier molecular flexibility index (Phi) is 6.27. The minimum atomic E-state index is -0.252. The van der Waals surface area contributed by atoms with Crippen LogP contribution >= 0.6 is 0 Å². The maximum atomic E-state index is 11.5. The minimum Gasteiger partial charge on any atom is -0.450 e. The van der Waals surface area contributed by atoms with E-state index < -0.39 is 0 Å². The highest BCUT2D eigenvalue weighted by molar-refractivity contribution is 5.78. The molecule has 1 saturated heterocycles. The lowest BCUT2D eigenvalue weighted by Gasteiger charge is -2.31. The van der Waals surface area contributed by atoms with E-state index in [0.29, 0.717) is 32.2 Å². The van der Waals surface area contributed by atoms with Crippen molar-refractivity contribution in [1.29, 1.82) is 0 Å². The number of nitrogens with two attached hydrogens (primary N) is 1. The first-order valence-corrected chi connectivity index (χ1v) is 6.26. The number of likely N-dealkylation sites (tertiary alicyclic amines) is 1. The van der Waals surface area contributed by atoms with Crippen molar-refractivity contribution in [2.24, 2.45) is 10.7 Å². The number of nitrogens with zero attached hydrogens (tertiary/aromatic N) is 2. The molecule has 0 aliphatic carbocycles. The summed E-state index contributed by atoms with van der Waals surface area (Å²) in [4.78, 5) is 17.1. The molecule has 0 bridgehead atoms. The second-order valence-corrected chi connectivity index (χ2v) is 4.10. The van der Waals surface area contributed by atoms with E-state index >= 15 is 0 Å². The van der Waals surface area contributed by atoms with E-state index in [-0.39, 0.29) is 18.7 Å². The number of aliphatic imine (C=N–C) groups is 1. The molecular weight excluding hydrogens is 236 g/mol. The molecule has 0 atom stereocenters. The molecule has 1 amide bonds. The molecule has 0 aromatic rings. The van der Waals surface area contributed by atoms with Crippen molar-refractivity contribution in [2.75, 3.05) is 32.8 Å². The van der Waals surface area contributed by atoms with Gasteiger partial charge in [0.1, 0.15) is 0 Å². The van der Waals surface area contributed by atoms with Crippen LogP contribution in [-0.4, -0.2) is 60.9 Å². The van der Waals surface area contributed by atoms with E-state index in [1.165, 1.54) is 0 Å². The van der Waals surface area contributed by atoms with E-state index in [9.17, 15) is 4.79 Å². The molecule has 0 saturated carbocycles. The quantitative estimate of drug-likeness (QED) is 0.466. The fourth-order valence-corrected chi connectivity index (χ4v) is 1.85. The predicted molar refractivity (Wildman–Crippen MR) is 68.3 cm³/mol. The third-order valence-corrected chi connectivity index (χ3v) is 2.76. The van der Waals surface area contributed by atoms with E-state index in [1.54, 1.807) is 11.8 Å². The van der Waals surface area contributed by atoms with Gasteiger partial charge in [0, 0.05) is 19.1 Å². The van der Waals surface area contributed by atoms with Gasteiger partial charge in [0.2, 0.25) is 0 Å². The van der Waals surface area contributed by atoms with Crippen LogP contribution in [0.3, 0.4) is 0 Å². The number of nitrogens with one attached hydrogen (secondary N) is 1. The summed E-state index contributed by atoms with van der Waals surface area (Å²) in [7, 11) is 0. The third-order valence-electron chi connectivity index (χ3n) is 2.76. The molecule has 1 rings (SSSR count). The van der Waals surface area contributed by atoms with E-state index in [2.05, 4.69) is 10.3 Å². The number of aliphatic hydroxyl groups excluding tert-OH is 1. The standard InChI is InChI=1S/C11H22N4O3/c1-2-18-11(17)15-6-3-9(4-7-15)14-10(12)13-5-8-16/h9,16H,2-8H2,1H3,(H3,12,13,14). The number of hydrogen-bond acceptors (Lipinski definition) is 4. The average Bonchev–Trinajstić information content (AvgIpc) is 2.37. The van der Waals surface area contributed by atoms with Gasteiger partial charge in [0.15, 0.2) is 5.96 Å². The number of rotatable bonds is 4. The van der Waals surface area contributed by atoms with Gasteiger partial charge in [-0.25, -0.2) is 4.79 Å². The summed E-state index contributed by atoms with van der Waals surface area (Å²) >= 11 is 0. The summed E-state index contributed by atoms with van der Waals surface area (Å²) in [5.74, 6) is 0.346. The highest BCUT2D eigenvalue weighted by atomic mass is 16.6. The highest BCUT2D eigenvalue weighted by Gasteiger charge is 2.23. The Balaban J connectivity index is 2.29. The SMILES string of the molecule is CCOC(=O)N1CCC(NC(N)=NCCO)CC1. The third kappa shape index (κ3) is 4.79. The zero-order valence-corrected chi connectivity index (χ0v) is 10.8. The van der Waals surface area contributed by atoms with Crippen LogP contribution < -0.4 is 11.1 Å². The number of amides is 1. The summed E-state index contributed by atoms with van der Waals surface area (Å²) in [6.07, 6.45) is 1.38. The van der Waals surface area contributed by atoms with Gasteiger partial charge in [0.25, 0.3) is 0 Å². The molecule has 1 aliphatic rings. The lowest BCUT2D eigenvalue weighted by molar-refractivity contribution is 0.0963. The van der Waals surface area contributed by atoms with Gasteiger partial charge in [0.05, 0.1) is 19.8 Å². The Morgan fingerprint density at radius 2 is 2.22 bits per heavy atom. The molecule has 1 heterocycles. The van der Waals surface area contributed by atoms with Crippen LogP contribution in [-0.2, 0) is 4.74 Å². The zero-order chi connectivity index (χ0) is 13.4. The van der Waals surface area contributed by atoms with Gasteiger partial charge in [-0.2, -0.15) is 0 Å². The number of ether oxygens (including phenoxy) is 1. The molecule has 7 heteroatoms. The normalized spacial score (nSPS) is 17.7. The van der Waals surface area contributed by atoms with Gasteiger partial charge in [-0.3, -0.25) is 4.99 Å². The second-order valence-electron chi connectivity index (χ2n) is 4.10. The van der Waals surface area contributed by atoms with Gasteiger partial charge in [-0.15, -0.1) is 0 Å². The van der Waals surface area contributed by atoms with Crippen LogP contribution in [0.1, 0.15) is 19.8 Å². The number of carbonyl (C=O) groups is 1. The summed E-state index contributed by atoms with van der Waals surface area (Å²) in [5, 5.41) is 11.7. The van der Waals surface area contributed by atoms with Crippen LogP contribution in [0.5, 0.6) is 0 Å². The Morgan fingerprint density at radius 3 is 2.78 bits per heavy atom. The summed E-state index contributed by atoms with van der Waals surface area (Å²) < 4.78 is 4.94. The summed E-state index contributed by atoms with van der Waals surface area (Å²) in [5.41, 5.74) is 5.66. The van der Waals surface area contributed by atoms with E-state index in [0.717, 1.165) is 12.8 Å². The predicted octanol–water partition coefficient (Wildman–Crippen LogP) is -0.496. The molecular formula is C11H22N4O3. The molecule has 1 fully saturated rings. The lowest BCUT2D eigenvalue weighted by atomic mass is 10.1. The van der Waals surface area contributed by atoms with Gasteiger partial charge in [-0.05, 0) is 19.8 Å². The van der Waals surface area contributed by atoms with Crippen LogP contribution in [0, 0.1) is 0 Å². The van der Waals surface area contributed by atoms with Crippen molar-refractivity contribution in [2.45, 2.75) is 25.8 Å². The average molecular weight is 258 g/mol. The Labute approximate surface area is 107 Å². The molecule has 0 radical (unpaired) electrons. The molecule has 0 aromatic heterocycles. The number of piperidine rings is 1. The van der Waals surface area contributed by atoms with Gasteiger partial charge >= 0.3 is 6.09 Å². The number of aliphatic hydroxyl groups is 1. The number of guanidine groups is 1. The molecule has 0 aromatic carbocycles. The summed E-state index contributed by atoms with van der Waals surface area (Å²) in [6, 6.07) is 0.220. The fraction of sp³-hybridized carbons (Fsp3) is 0.818. The molecule has 18 heavy (non-hydrogen) atoms. The van der Waals surface area contributed by atoms with Crippen molar-refractivity contribution in [3.05, 3.63) is 0 Å². The Bertz CT molecular complexity index is 288. The van der Waals surface area contributed by atoms with Crippen LogP contribution in [0.2, 0.25) is 0 Å². The molecule has 7 nitrogen and oxygen atoms in total. The molecule has 1 aliphatic heterocycles. The van der Waals surface area contributed by atoms with Crippen molar-refractivity contribution in [1.82, 2.24) is 10.2 Å². The summed E-state index contributed by atoms with van der Waals surface area (Å²) in [6.45, 7) is 3.81. The topological polar surface area (TPSA) is 100 Å². The van der Waals surface area contributed by atoms with Crippen molar-refractivity contribution in [3.63, 3.8) is 0 Å². The molecule has 104 valence electrons. The van der Waals surface area contributed by atoms with Crippen LogP contribution in [0.4, 0.5) is 4.79 Å². The minimum absolute atomic E-state index is 0.0102. The molecule has 0 unspecified atom stereocenters. The van der Waals surface area contributed by atoms with Gasteiger partial charge < -0.3 is 25.8 Å². The van der Waals surface area contributed by atoms with Crippen molar-refractivity contribution < 1.29 is 14.6 Å². The van der Waals surface area contributed by atoms with Crippen LogP contribution in [0.15, 0.2) is 4.99 Å². The maximum absolute atomic E-state index is 11.5. The highest BCUT2D eigenvalue weighted by Crippen LogP contribution is 2.11. The molecule has 0 spiro atoms. The first-order chi connectivity index (χ1) is 8.67. The monoisotopic (exact) mass is 258 g/mol. The number of carbonyl (C=O) groups excluding carboxylic acids is 1. The first kappa shape index (κ1) is 14.6. The van der Waals surface area contributed by atoms with E-state index in [4.69, 9.17) is 15.6 Å². The second kappa shape index (κ2) is 7.75. The van der Waals surface area contributed by atoms with Crippen LogP contribution in [0.25, 0.3) is 0 Å².